The molecule has 0 spiro atoms. The second-order valence-electron chi connectivity index (χ2n) is 7.34. The lowest BCUT2D eigenvalue weighted by atomic mass is 10.0. The van der Waals surface area contributed by atoms with Crippen LogP contribution in [0.3, 0.4) is 0 Å². The summed E-state index contributed by atoms with van der Waals surface area (Å²) in [6, 6.07) is 15.5. The monoisotopic (exact) mass is 411 g/mol. The van der Waals surface area contributed by atoms with Crippen LogP contribution in [0, 0.1) is 0 Å². The van der Waals surface area contributed by atoms with Crippen molar-refractivity contribution in [2.24, 2.45) is 5.73 Å². The summed E-state index contributed by atoms with van der Waals surface area (Å²) in [5.41, 5.74) is 7.16. The molecule has 1 fully saturated rings. The number of hydrogen-bond acceptors (Lipinski definition) is 5. The zero-order chi connectivity index (χ0) is 21.5. The largest absolute Gasteiger partial charge is 0.497 e. The van der Waals surface area contributed by atoms with Gasteiger partial charge in [-0.25, -0.2) is 0 Å². The van der Waals surface area contributed by atoms with Gasteiger partial charge in [0.2, 0.25) is 11.8 Å². The number of ether oxygens (including phenoxy) is 2. The van der Waals surface area contributed by atoms with E-state index in [-0.39, 0.29) is 31.5 Å². The summed E-state index contributed by atoms with van der Waals surface area (Å²) in [7, 11) is 3.21. The van der Waals surface area contributed by atoms with E-state index in [0.717, 1.165) is 25.1 Å². The van der Waals surface area contributed by atoms with Crippen LogP contribution in [0.5, 0.6) is 11.5 Å². The Kier molecular flexibility index (Phi) is 7.30. The number of carbonyl (C=O) groups is 2. The fourth-order valence-corrected chi connectivity index (χ4v) is 3.93. The van der Waals surface area contributed by atoms with Crippen molar-refractivity contribution in [1.29, 1.82) is 0 Å². The minimum Gasteiger partial charge on any atom is -0.497 e. The highest BCUT2D eigenvalue weighted by molar-refractivity contribution is 5.96. The first kappa shape index (κ1) is 21.6. The van der Waals surface area contributed by atoms with E-state index >= 15 is 0 Å². The first-order valence-corrected chi connectivity index (χ1v) is 10.1. The molecule has 7 heteroatoms. The van der Waals surface area contributed by atoms with E-state index in [1.54, 1.807) is 25.2 Å². The highest BCUT2D eigenvalue weighted by Gasteiger charge is 2.30. The summed E-state index contributed by atoms with van der Waals surface area (Å²) in [5, 5.41) is 0. The molecule has 1 aliphatic rings. The quantitative estimate of drug-likeness (QED) is 0.686. The molecule has 2 aromatic rings. The van der Waals surface area contributed by atoms with Crippen molar-refractivity contribution in [2.75, 3.05) is 38.8 Å². The molecule has 0 radical (unpaired) electrons. The molecule has 0 saturated carbocycles. The molecule has 2 aromatic carbocycles. The van der Waals surface area contributed by atoms with E-state index in [4.69, 9.17) is 15.2 Å². The van der Waals surface area contributed by atoms with Gasteiger partial charge in [-0.05, 0) is 49.2 Å². The van der Waals surface area contributed by atoms with E-state index in [9.17, 15) is 9.59 Å². The van der Waals surface area contributed by atoms with Gasteiger partial charge in [-0.1, -0.05) is 24.3 Å². The highest BCUT2D eigenvalue weighted by Crippen LogP contribution is 2.33. The minimum atomic E-state index is -0.444. The Morgan fingerprint density at radius 1 is 1.10 bits per heavy atom. The predicted octanol–water partition coefficient (Wildman–Crippen LogP) is 2.75. The predicted molar refractivity (Wildman–Crippen MR) is 116 cm³/mol. The lowest BCUT2D eigenvalue weighted by Crippen LogP contribution is -2.41. The second-order valence-corrected chi connectivity index (χ2v) is 7.34. The number of likely N-dealkylation sites (tertiary alicyclic amines) is 1. The van der Waals surface area contributed by atoms with Crippen molar-refractivity contribution in [1.82, 2.24) is 4.90 Å². The third-order valence-electron chi connectivity index (χ3n) is 5.46. The van der Waals surface area contributed by atoms with Gasteiger partial charge < -0.3 is 20.1 Å². The van der Waals surface area contributed by atoms with Crippen molar-refractivity contribution in [2.45, 2.75) is 25.3 Å². The number of primary amides is 1. The van der Waals surface area contributed by atoms with E-state index in [1.165, 1.54) is 5.56 Å². The fourth-order valence-electron chi connectivity index (χ4n) is 3.93. The van der Waals surface area contributed by atoms with Gasteiger partial charge in [0.05, 0.1) is 26.5 Å². The SMILES string of the molecule is COc1ccc([C@@H]2CCCN2CC(=O)N(CCC(N)=O)c2ccccc2OC)cc1. The highest BCUT2D eigenvalue weighted by atomic mass is 16.5. The Labute approximate surface area is 177 Å². The normalized spacial score (nSPS) is 16.3. The third kappa shape index (κ3) is 5.10. The molecule has 3 rings (SSSR count). The van der Waals surface area contributed by atoms with Crippen LogP contribution in [-0.4, -0.2) is 50.6 Å². The smallest absolute Gasteiger partial charge is 0.241 e. The first-order chi connectivity index (χ1) is 14.5. The van der Waals surface area contributed by atoms with Gasteiger partial charge in [0, 0.05) is 19.0 Å². The standard InChI is InChI=1S/C23H29N3O4/c1-29-18-11-9-17(10-12-18)19-7-5-14-25(19)16-23(28)26(15-13-22(24)27)20-6-3-4-8-21(20)30-2/h3-4,6,8-12,19H,5,7,13-16H2,1-2H3,(H2,24,27)/t19-/m0/s1. The van der Waals surface area contributed by atoms with Crippen LogP contribution in [0.15, 0.2) is 48.5 Å². The van der Waals surface area contributed by atoms with Gasteiger partial charge in [0.1, 0.15) is 11.5 Å². The maximum atomic E-state index is 13.3. The molecule has 1 heterocycles. The number of para-hydroxylation sites is 2. The van der Waals surface area contributed by atoms with Crippen molar-refractivity contribution in [3.8, 4) is 11.5 Å². The molecule has 0 bridgehead atoms. The molecule has 1 atom stereocenters. The molecular formula is C23H29N3O4. The molecule has 160 valence electrons. The molecule has 1 aliphatic heterocycles. The maximum Gasteiger partial charge on any atom is 0.241 e. The lowest BCUT2D eigenvalue weighted by Gasteiger charge is -2.29. The third-order valence-corrected chi connectivity index (χ3v) is 5.46. The Bertz CT molecular complexity index is 869. The number of nitrogens with two attached hydrogens (primary N) is 1. The molecule has 2 amide bonds. The minimum absolute atomic E-state index is 0.0823. The van der Waals surface area contributed by atoms with Crippen molar-refractivity contribution < 1.29 is 19.1 Å². The van der Waals surface area contributed by atoms with Crippen LogP contribution in [-0.2, 0) is 9.59 Å². The number of benzene rings is 2. The molecule has 7 nitrogen and oxygen atoms in total. The number of methoxy groups -OCH3 is 2. The van der Waals surface area contributed by atoms with Crippen molar-refractivity contribution in [3.63, 3.8) is 0 Å². The maximum absolute atomic E-state index is 13.3. The average molecular weight is 412 g/mol. The Balaban J connectivity index is 1.79. The average Bonchev–Trinajstić information content (AvgIpc) is 3.22. The van der Waals surface area contributed by atoms with Crippen molar-refractivity contribution in [3.05, 3.63) is 54.1 Å². The number of anilines is 1. The number of carbonyl (C=O) groups excluding carboxylic acids is 2. The van der Waals surface area contributed by atoms with Gasteiger partial charge in [-0.15, -0.1) is 0 Å². The van der Waals surface area contributed by atoms with E-state index < -0.39 is 5.91 Å². The van der Waals surface area contributed by atoms with Crippen LogP contribution in [0.1, 0.15) is 30.9 Å². The van der Waals surface area contributed by atoms with E-state index in [2.05, 4.69) is 17.0 Å². The first-order valence-electron chi connectivity index (χ1n) is 10.1. The second kappa shape index (κ2) is 10.1. The van der Waals surface area contributed by atoms with Crippen LogP contribution in [0.2, 0.25) is 0 Å². The lowest BCUT2D eigenvalue weighted by molar-refractivity contribution is -0.120. The van der Waals surface area contributed by atoms with E-state index in [1.807, 2.05) is 30.3 Å². The fraction of sp³-hybridized carbons (Fsp3) is 0.391. The number of hydrogen-bond donors (Lipinski definition) is 1. The summed E-state index contributed by atoms with van der Waals surface area (Å²) in [6.07, 6.45) is 2.11. The Morgan fingerprint density at radius 3 is 2.50 bits per heavy atom. The van der Waals surface area contributed by atoms with Crippen molar-refractivity contribution >= 4 is 17.5 Å². The van der Waals surface area contributed by atoms with Crippen LogP contribution in [0.4, 0.5) is 5.69 Å². The van der Waals surface area contributed by atoms with Crippen LogP contribution < -0.4 is 20.1 Å². The van der Waals surface area contributed by atoms with Crippen LogP contribution >= 0.6 is 0 Å². The van der Waals surface area contributed by atoms with Crippen LogP contribution in [0.25, 0.3) is 0 Å². The molecule has 2 N–H and O–H groups in total. The molecule has 30 heavy (non-hydrogen) atoms. The van der Waals surface area contributed by atoms with Gasteiger partial charge in [0.25, 0.3) is 0 Å². The van der Waals surface area contributed by atoms with Gasteiger partial charge in [-0.3, -0.25) is 14.5 Å². The summed E-state index contributed by atoms with van der Waals surface area (Å²) >= 11 is 0. The summed E-state index contributed by atoms with van der Waals surface area (Å²) < 4.78 is 10.7. The van der Waals surface area contributed by atoms with Gasteiger partial charge in [0.15, 0.2) is 0 Å². The van der Waals surface area contributed by atoms with E-state index in [0.29, 0.717) is 11.4 Å². The summed E-state index contributed by atoms with van der Waals surface area (Å²) in [6.45, 7) is 1.32. The molecule has 0 aliphatic carbocycles. The molecular weight excluding hydrogens is 382 g/mol. The zero-order valence-corrected chi connectivity index (χ0v) is 17.5. The zero-order valence-electron chi connectivity index (χ0n) is 17.5. The number of amides is 2. The Morgan fingerprint density at radius 2 is 1.83 bits per heavy atom. The number of nitrogens with zero attached hydrogens (tertiary/aromatic N) is 2. The molecule has 1 saturated heterocycles. The summed E-state index contributed by atoms with van der Waals surface area (Å²) in [4.78, 5) is 28.5. The topological polar surface area (TPSA) is 85.1 Å². The summed E-state index contributed by atoms with van der Waals surface area (Å²) in [5.74, 6) is 0.873. The molecule has 0 unspecified atom stereocenters. The van der Waals surface area contributed by atoms with Gasteiger partial charge >= 0.3 is 0 Å². The molecule has 0 aromatic heterocycles. The Hall–Kier alpha value is -3.06. The van der Waals surface area contributed by atoms with Gasteiger partial charge in [-0.2, -0.15) is 0 Å². The number of rotatable bonds is 9.